The molecule has 0 aromatic heterocycles. The molecule has 0 saturated heterocycles. The van der Waals surface area contributed by atoms with Crippen LogP contribution in [-0.4, -0.2) is 44.2 Å². The molecule has 0 aliphatic rings. The van der Waals surface area contributed by atoms with E-state index in [0.29, 0.717) is 18.8 Å². The minimum Gasteiger partial charge on any atom is -0.484 e. The third-order valence-corrected chi connectivity index (χ3v) is 6.58. The van der Waals surface area contributed by atoms with Gasteiger partial charge in [-0.25, -0.2) is 12.7 Å². The SMILES string of the molecule is CN(C)S(=O)(=O)c1ccc(OCC(=O)N(Cc2ccccc2)Cc2ccccc2)cc1. The minimum atomic E-state index is -3.50. The Morgan fingerprint density at radius 3 is 1.71 bits per heavy atom. The molecule has 3 aromatic carbocycles. The quantitative estimate of drug-likeness (QED) is 0.513. The summed E-state index contributed by atoms with van der Waals surface area (Å²) in [4.78, 5) is 14.9. The van der Waals surface area contributed by atoms with E-state index in [1.54, 1.807) is 17.0 Å². The monoisotopic (exact) mass is 438 g/mol. The van der Waals surface area contributed by atoms with Crippen LogP contribution in [-0.2, 0) is 27.9 Å². The van der Waals surface area contributed by atoms with Crippen LogP contribution in [0.5, 0.6) is 5.75 Å². The van der Waals surface area contributed by atoms with Crippen molar-refractivity contribution in [2.24, 2.45) is 0 Å². The molecule has 31 heavy (non-hydrogen) atoms. The summed E-state index contributed by atoms with van der Waals surface area (Å²) in [5.41, 5.74) is 2.06. The predicted molar refractivity (Wildman–Crippen MR) is 120 cm³/mol. The lowest BCUT2D eigenvalue weighted by molar-refractivity contribution is -0.134. The number of carbonyl (C=O) groups is 1. The van der Waals surface area contributed by atoms with Gasteiger partial charge in [-0.05, 0) is 35.4 Å². The van der Waals surface area contributed by atoms with Gasteiger partial charge in [0, 0.05) is 27.2 Å². The van der Waals surface area contributed by atoms with Crippen molar-refractivity contribution in [1.29, 1.82) is 0 Å². The Kier molecular flexibility index (Phi) is 7.44. The van der Waals surface area contributed by atoms with E-state index in [1.165, 1.54) is 26.2 Å². The van der Waals surface area contributed by atoms with E-state index in [1.807, 2.05) is 60.7 Å². The molecule has 0 radical (unpaired) electrons. The van der Waals surface area contributed by atoms with Crippen LogP contribution in [0.4, 0.5) is 0 Å². The van der Waals surface area contributed by atoms with E-state index in [4.69, 9.17) is 4.74 Å². The van der Waals surface area contributed by atoms with E-state index < -0.39 is 10.0 Å². The second-order valence-corrected chi connectivity index (χ2v) is 9.42. The molecule has 0 aliphatic heterocycles. The third-order valence-electron chi connectivity index (χ3n) is 4.75. The summed E-state index contributed by atoms with van der Waals surface area (Å²) < 4.78 is 31.1. The highest BCUT2D eigenvalue weighted by atomic mass is 32.2. The second kappa shape index (κ2) is 10.2. The Bertz CT molecular complexity index is 1040. The maximum atomic E-state index is 12.9. The van der Waals surface area contributed by atoms with Gasteiger partial charge in [-0.2, -0.15) is 0 Å². The second-order valence-electron chi connectivity index (χ2n) is 7.27. The van der Waals surface area contributed by atoms with Crippen molar-refractivity contribution >= 4 is 15.9 Å². The fraction of sp³-hybridized carbons (Fsp3) is 0.208. The van der Waals surface area contributed by atoms with Gasteiger partial charge in [0.25, 0.3) is 5.91 Å². The van der Waals surface area contributed by atoms with Gasteiger partial charge in [-0.15, -0.1) is 0 Å². The van der Waals surface area contributed by atoms with Crippen molar-refractivity contribution in [3.05, 3.63) is 96.1 Å². The van der Waals surface area contributed by atoms with Gasteiger partial charge in [0.1, 0.15) is 5.75 Å². The fourth-order valence-electron chi connectivity index (χ4n) is 2.99. The van der Waals surface area contributed by atoms with E-state index in [2.05, 4.69) is 0 Å². The highest BCUT2D eigenvalue weighted by molar-refractivity contribution is 7.89. The number of hydrogen-bond donors (Lipinski definition) is 0. The molecule has 0 heterocycles. The molecule has 6 nitrogen and oxygen atoms in total. The lowest BCUT2D eigenvalue weighted by Crippen LogP contribution is -2.34. The molecular formula is C24H26N2O4S. The van der Waals surface area contributed by atoms with Gasteiger partial charge in [0.2, 0.25) is 10.0 Å². The number of nitrogens with zero attached hydrogens (tertiary/aromatic N) is 2. The molecule has 3 rings (SSSR count). The zero-order chi connectivity index (χ0) is 22.3. The van der Waals surface area contributed by atoms with Crippen molar-refractivity contribution in [3.8, 4) is 5.75 Å². The summed E-state index contributed by atoms with van der Waals surface area (Å²) in [5, 5.41) is 0. The molecule has 0 aliphatic carbocycles. The van der Waals surface area contributed by atoms with Crippen LogP contribution in [0.2, 0.25) is 0 Å². The summed E-state index contributed by atoms with van der Waals surface area (Å²) in [6.45, 7) is 0.801. The molecular weight excluding hydrogens is 412 g/mol. The first-order valence-corrected chi connectivity index (χ1v) is 11.3. The molecule has 0 bridgehead atoms. The molecule has 0 saturated carbocycles. The highest BCUT2D eigenvalue weighted by Crippen LogP contribution is 2.18. The molecule has 1 amide bonds. The van der Waals surface area contributed by atoms with E-state index in [9.17, 15) is 13.2 Å². The van der Waals surface area contributed by atoms with Crippen LogP contribution >= 0.6 is 0 Å². The highest BCUT2D eigenvalue weighted by Gasteiger charge is 2.18. The first kappa shape index (κ1) is 22.5. The normalized spacial score (nSPS) is 11.3. The molecule has 0 spiro atoms. The molecule has 0 fully saturated rings. The van der Waals surface area contributed by atoms with Crippen molar-refractivity contribution in [2.45, 2.75) is 18.0 Å². The van der Waals surface area contributed by atoms with Gasteiger partial charge < -0.3 is 9.64 Å². The maximum absolute atomic E-state index is 12.9. The minimum absolute atomic E-state index is 0.139. The van der Waals surface area contributed by atoms with Crippen molar-refractivity contribution in [2.75, 3.05) is 20.7 Å². The number of ether oxygens (including phenoxy) is 1. The molecule has 162 valence electrons. The lowest BCUT2D eigenvalue weighted by Gasteiger charge is -2.23. The van der Waals surface area contributed by atoms with Crippen LogP contribution in [0.15, 0.2) is 89.8 Å². The summed E-state index contributed by atoms with van der Waals surface area (Å²) >= 11 is 0. The Morgan fingerprint density at radius 2 is 1.26 bits per heavy atom. The van der Waals surface area contributed by atoms with Gasteiger partial charge in [-0.3, -0.25) is 4.79 Å². The Morgan fingerprint density at radius 1 is 0.774 bits per heavy atom. The van der Waals surface area contributed by atoms with Crippen LogP contribution < -0.4 is 4.74 Å². The Balaban J connectivity index is 1.68. The Hall–Kier alpha value is -3.16. The topological polar surface area (TPSA) is 66.9 Å². The zero-order valence-electron chi connectivity index (χ0n) is 17.6. The number of hydrogen-bond acceptors (Lipinski definition) is 4. The molecule has 7 heteroatoms. The van der Waals surface area contributed by atoms with Crippen LogP contribution in [0.1, 0.15) is 11.1 Å². The summed E-state index contributed by atoms with van der Waals surface area (Å²) in [7, 11) is -0.548. The van der Waals surface area contributed by atoms with Crippen molar-refractivity contribution in [1.82, 2.24) is 9.21 Å². The van der Waals surface area contributed by atoms with Gasteiger partial charge >= 0.3 is 0 Å². The molecule has 0 unspecified atom stereocenters. The summed E-state index contributed by atoms with van der Waals surface area (Å²) in [6.07, 6.45) is 0. The number of carbonyl (C=O) groups excluding carboxylic acids is 1. The zero-order valence-corrected chi connectivity index (χ0v) is 18.5. The average Bonchev–Trinajstić information content (AvgIpc) is 2.78. The van der Waals surface area contributed by atoms with E-state index >= 15 is 0 Å². The number of sulfonamides is 1. The maximum Gasteiger partial charge on any atom is 0.261 e. The number of amides is 1. The predicted octanol–water partition coefficient (Wildman–Crippen LogP) is 3.54. The van der Waals surface area contributed by atoms with Crippen molar-refractivity contribution < 1.29 is 17.9 Å². The van der Waals surface area contributed by atoms with Gasteiger partial charge in [0.05, 0.1) is 4.90 Å². The first-order chi connectivity index (χ1) is 14.9. The smallest absolute Gasteiger partial charge is 0.261 e. The molecule has 0 atom stereocenters. The molecule has 0 N–H and O–H groups in total. The van der Waals surface area contributed by atoms with E-state index in [0.717, 1.165) is 15.4 Å². The summed E-state index contributed by atoms with van der Waals surface area (Å²) in [5.74, 6) is 0.281. The lowest BCUT2D eigenvalue weighted by atomic mass is 10.1. The number of rotatable bonds is 9. The third kappa shape index (κ3) is 6.16. The van der Waals surface area contributed by atoms with E-state index in [-0.39, 0.29) is 17.4 Å². The van der Waals surface area contributed by atoms with Gasteiger partial charge in [0.15, 0.2) is 6.61 Å². The standard InChI is InChI=1S/C24H26N2O4S/c1-25(2)31(28,29)23-15-13-22(14-16-23)30-19-24(27)26(17-20-9-5-3-6-10-20)18-21-11-7-4-8-12-21/h3-16H,17-19H2,1-2H3. The fourth-order valence-corrected chi connectivity index (χ4v) is 3.90. The summed E-state index contributed by atoms with van der Waals surface area (Å²) in [6, 6.07) is 25.7. The van der Waals surface area contributed by atoms with Crippen LogP contribution in [0, 0.1) is 0 Å². The largest absolute Gasteiger partial charge is 0.484 e. The van der Waals surface area contributed by atoms with Crippen LogP contribution in [0.3, 0.4) is 0 Å². The first-order valence-electron chi connectivity index (χ1n) is 9.87. The molecule has 3 aromatic rings. The average molecular weight is 439 g/mol. The number of benzene rings is 3. The Labute approximate surface area is 183 Å². The van der Waals surface area contributed by atoms with Gasteiger partial charge in [-0.1, -0.05) is 60.7 Å². The van der Waals surface area contributed by atoms with Crippen LogP contribution in [0.25, 0.3) is 0 Å². The van der Waals surface area contributed by atoms with Crippen molar-refractivity contribution in [3.63, 3.8) is 0 Å².